The predicted octanol–water partition coefficient (Wildman–Crippen LogP) is 2.58. The first-order valence-electron chi connectivity index (χ1n) is 6.31. The number of hydrogen-bond acceptors (Lipinski definition) is 2. The molecule has 1 aromatic carbocycles. The molecule has 5 heteroatoms. The summed E-state index contributed by atoms with van der Waals surface area (Å²) in [6, 6.07) is 9.65. The summed E-state index contributed by atoms with van der Waals surface area (Å²) in [5, 5.41) is 10.8. The van der Waals surface area contributed by atoms with Crippen molar-refractivity contribution in [3.8, 4) is 5.88 Å². The molecule has 19 heavy (non-hydrogen) atoms. The van der Waals surface area contributed by atoms with E-state index >= 15 is 0 Å². The van der Waals surface area contributed by atoms with E-state index in [4.69, 9.17) is 0 Å². The second kappa shape index (κ2) is 6.61. The molecule has 102 valence electrons. The molecule has 4 nitrogen and oxygen atoms in total. The summed E-state index contributed by atoms with van der Waals surface area (Å²) in [4.78, 5) is 12.1. The van der Waals surface area contributed by atoms with E-state index < -0.39 is 0 Å². The third-order valence-electron chi connectivity index (χ3n) is 2.99. The molecule has 0 aliphatic heterocycles. The summed E-state index contributed by atoms with van der Waals surface area (Å²) in [6.07, 6.45) is 3.44. The molecule has 0 aliphatic rings. The molecule has 2 rings (SSSR count). The van der Waals surface area contributed by atoms with Crippen molar-refractivity contribution < 1.29 is 5.11 Å². The maximum absolute atomic E-state index is 12.1. The van der Waals surface area contributed by atoms with Gasteiger partial charge in [0.05, 0.1) is 12.7 Å². The van der Waals surface area contributed by atoms with Crippen LogP contribution in [0.15, 0.2) is 41.3 Å². The zero-order valence-corrected chi connectivity index (χ0v) is 12.2. The molecule has 0 bridgehead atoms. The van der Waals surface area contributed by atoms with E-state index in [2.05, 4.69) is 15.9 Å². The van der Waals surface area contributed by atoms with Gasteiger partial charge in [0.25, 0.3) is 0 Å². The fourth-order valence-corrected chi connectivity index (χ4v) is 2.37. The molecule has 0 radical (unpaired) electrons. The molecule has 0 saturated heterocycles. The highest BCUT2D eigenvalue weighted by atomic mass is 79.9. The van der Waals surface area contributed by atoms with Gasteiger partial charge in [0.15, 0.2) is 0 Å². The lowest BCUT2D eigenvalue weighted by molar-refractivity contribution is 0.421. The fraction of sp³-hybridized carbons (Fsp3) is 0.357. The van der Waals surface area contributed by atoms with Gasteiger partial charge in [-0.25, -0.2) is 4.79 Å². The number of benzene rings is 1. The van der Waals surface area contributed by atoms with Gasteiger partial charge < -0.3 is 5.11 Å². The van der Waals surface area contributed by atoms with Crippen LogP contribution in [-0.4, -0.2) is 19.6 Å². The van der Waals surface area contributed by atoms with Gasteiger partial charge in [0, 0.05) is 11.9 Å². The average Bonchev–Trinajstić information content (AvgIpc) is 2.68. The van der Waals surface area contributed by atoms with E-state index in [9.17, 15) is 9.90 Å². The first-order valence-corrected chi connectivity index (χ1v) is 7.43. The maximum Gasteiger partial charge on any atom is 0.331 e. The number of imidazole rings is 1. The quantitative estimate of drug-likeness (QED) is 0.655. The van der Waals surface area contributed by atoms with Crippen LogP contribution in [0.3, 0.4) is 0 Å². The Morgan fingerprint density at radius 1 is 1.16 bits per heavy atom. The molecule has 1 heterocycles. The van der Waals surface area contributed by atoms with Crippen LogP contribution in [0.2, 0.25) is 0 Å². The van der Waals surface area contributed by atoms with E-state index in [1.165, 1.54) is 10.8 Å². The van der Waals surface area contributed by atoms with Gasteiger partial charge in [0.1, 0.15) is 0 Å². The van der Waals surface area contributed by atoms with Crippen LogP contribution in [0.5, 0.6) is 5.88 Å². The largest absolute Gasteiger partial charge is 0.493 e. The predicted molar refractivity (Wildman–Crippen MR) is 78.9 cm³/mol. The van der Waals surface area contributed by atoms with Crippen LogP contribution >= 0.6 is 15.9 Å². The van der Waals surface area contributed by atoms with Gasteiger partial charge in [-0.3, -0.25) is 9.13 Å². The Labute approximate surface area is 120 Å². The lowest BCUT2D eigenvalue weighted by atomic mass is 10.2. The smallest absolute Gasteiger partial charge is 0.331 e. The summed E-state index contributed by atoms with van der Waals surface area (Å²) in [5.41, 5.74) is 0.842. The fourth-order valence-electron chi connectivity index (χ4n) is 1.97. The second-order valence-electron chi connectivity index (χ2n) is 4.43. The first kappa shape index (κ1) is 13.9. The lowest BCUT2D eigenvalue weighted by Gasteiger charge is -2.03. The van der Waals surface area contributed by atoms with Crippen molar-refractivity contribution in [1.82, 2.24) is 9.13 Å². The van der Waals surface area contributed by atoms with Gasteiger partial charge in [-0.1, -0.05) is 46.3 Å². The van der Waals surface area contributed by atoms with Crippen molar-refractivity contribution >= 4 is 15.9 Å². The minimum atomic E-state index is -0.157. The Kier molecular flexibility index (Phi) is 4.85. The van der Waals surface area contributed by atoms with Crippen molar-refractivity contribution in [1.29, 1.82) is 0 Å². The standard InChI is InChI=1S/C14H17BrN2O2/c15-8-4-5-9-16-11-13(18)17(14(16)19)10-12-6-2-1-3-7-12/h1-3,6-7,11,18H,4-5,8-10H2. The summed E-state index contributed by atoms with van der Waals surface area (Å²) < 4.78 is 2.96. The Morgan fingerprint density at radius 3 is 2.58 bits per heavy atom. The van der Waals surface area contributed by atoms with Crippen LogP contribution in [0.4, 0.5) is 0 Å². The van der Waals surface area contributed by atoms with Crippen molar-refractivity contribution in [3.05, 3.63) is 52.6 Å². The van der Waals surface area contributed by atoms with Crippen LogP contribution < -0.4 is 5.69 Å². The van der Waals surface area contributed by atoms with Crippen LogP contribution in [0.1, 0.15) is 18.4 Å². The van der Waals surface area contributed by atoms with Crippen LogP contribution in [0, 0.1) is 0 Å². The van der Waals surface area contributed by atoms with Gasteiger partial charge >= 0.3 is 5.69 Å². The second-order valence-corrected chi connectivity index (χ2v) is 5.22. The number of alkyl halides is 1. The molecule has 1 aromatic heterocycles. The van der Waals surface area contributed by atoms with E-state index in [0.29, 0.717) is 13.1 Å². The van der Waals surface area contributed by atoms with Gasteiger partial charge in [-0.15, -0.1) is 0 Å². The number of aromatic hydroxyl groups is 1. The molecule has 0 aliphatic carbocycles. The van der Waals surface area contributed by atoms with E-state index in [1.54, 1.807) is 4.57 Å². The number of aromatic nitrogens is 2. The summed E-state index contributed by atoms with van der Waals surface area (Å²) >= 11 is 3.36. The minimum Gasteiger partial charge on any atom is -0.493 e. The van der Waals surface area contributed by atoms with Crippen molar-refractivity contribution in [2.75, 3.05) is 5.33 Å². The van der Waals surface area contributed by atoms with Crippen molar-refractivity contribution in [3.63, 3.8) is 0 Å². The highest BCUT2D eigenvalue weighted by Crippen LogP contribution is 2.10. The summed E-state index contributed by atoms with van der Waals surface area (Å²) in [5.74, 6) is 0.0210. The first-order chi connectivity index (χ1) is 9.22. The molecule has 0 unspecified atom stereocenters. The molecular formula is C14H17BrN2O2. The molecule has 1 N–H and O–H groups in total. The molecule has 0 saturated carbocycles. The zero-order chi connectivity index (χ0) is 13.7. The highest BCUT2D eigenvalue weighted by molar-refractivity contribution is 9.09. The monoisotopic (exact) mass is 324 g/mol. The molecule has 0 amide bonds. The Balaban J connectivity index is 2.15. The summed E-state index contributed by atoms with van der Waals surface area (Å²) in [6.45, 7) is 1.04. The SMILES string of the molecule is O=c1n(CCCCBr)cc(O)n1Cc1ccccc1. The minimum absolute atomic E-state index is 0.0210. The van der Waals surface area contributed by atoms with Gasteiger partial charge in [0.2, 0.25) is 5.88 Å². The lowest BCUT2D eigenvalue weighted by Crippen LogP contribution is -2.24. The normalized spacial score (nSPS) is 10.8. The third-order valence-corrected chi connectivity index (χ3v) is 3.55. The van der Waals surface area contributed by atoms with Gasteiger partial charge in [-0.2, -0.15) is 0 Å². The number of halogens is 1. The van der Waals surface area contributed by atoms with Crippen molar-refractivity contribution in [2.45, 2.75) is 25.9 Å². The van der Waals surface area contributed by atoms with Crippen LogP contribution in [-0.2, 0) is 13.1 Å². The molecule has 0 fully saturated rings. The van der Waals surface area contributed by atoms with E-state index in [1.807, 2.05) is 30.3 Å². The van der Waals surface area contributed by atoms with E-state index in [-0.39, 0.29) is 11.6 Å². The Bertz CT molecular complexity index is 575. The maximum atomic E-state index is 12.1. The zero-order valence-electron chi connectivity index (χ0n) is 10.6. The molecular weight excluding hydrogens is 308 g/mol. The molecule has 0 atom stereocenters. The summed E-state index contributed by atoms with van der Waals surface area (Å²) in [7, 11) is 0. The Morgan fingerprint density at radius 2 is 1.89 bits per heavy atom. The number of rotatable bonds is 6. The number of nitrogens with zero attached hydrogens (tertiary/aromatic N) is 2. The average molecular weight is 325 g/mol. The number of hydrogen-bond donors (Lipinski definition) is 1. The molecule has 0 spiro atoms. The topological polar surface area (TPSA) is 47.2 Å². The number of aryl methyl sites for hydroxylation is 1. The third kappa shape index (κ3) is 3.50. The Hall–Kier alpha value is -1.49. The number of unbranched alkanes of at least 4 members (excludes halogenated alkanes) is 1. The van der Waals surface area contributed by atoms with Crippen molar-refractivity contribution in [2.24, 2.45) is 0 Å². The van der Waals surface area contributed by atoms with Gasteiger partial charge in [-0.05, 0) is 18.4 Å². The highest BCUT2D eigenvalue weighted by Gasteiger charge is 2.10. The van der Waals surface area contributed by atoms with E-state index in [0.717, 1.165) is 23.7 Å². The van der Waals surface area contributed by atoms with Crippen LogP contribution in [0.25, 0.3) is 0 Å². The molecule has 2 aromatic rings.